The number of imidazole rings is 1. The van der Waals surface area contributed by atoms with Gasteiger partial charge < -0.3 is 14.8 Å². The first-order chi connectivity index (χ1) is 15.8. The van der Waals surface area contributed by atoms with Crippen LogP contribution in [0.5, 0.6) is 5.88 Å². The highest BCUT2D eigenvalue weighted by atomic mass is 35.5. The molecule has 4 N–H and O–H groups in total. The van der Waals surface area contributed by atoms with Gasteiger partial charge in [0.2, 0.25) is 5.88 Å². The van der Waals surface area contributed by atoms with E-state index in [1.165, 1.54) is 6.33 Å². The highest BCUT2D eigenvalue weighted by molar-refractivity contribution is 7.84. The average Bonchev–Trinajstić information content (AvgIpc) is 3.35. The minimum absolute atomic E-state index is 0.216. The molecule has 172 valence electrons. The van der Waals surface area contributed by atoms with Crippen molar-refractivity contribution in [1.29, 1.82) is 0 Å². The van der Waals surface area contributed by atoms with E-state index in [1.54, 1.807) is 18.3 Å². The second kappa shape index (κ2) is 8.47. The van der Waals surface area contributed by atoms with Crippen molar-refractivity contribution in [1.82, 2.24) is 24.9 Å². The maximum Gasteiger partial charge on any atom is 0.333 e. The first-order valence-electron chi connectivity index (χ1n) is 10.0. The molecule has 0 saturated heterocycles. The number of halogens is 1. The minimum atomic E-state index is -4.08. The number of benzene rings is 1. The van der Waals surface area contributed by atoms with Crippen molar-refractivity contribution in [2.24, 2.45) is 11.1 Å². The van der Waals surface area contributed by atoms with Gasteiger partial charge in [-0.15, -0.1) is 0 Å². The van der Waals surface area contributed by atoms with Gasteiger partial charge in [0.05, 0.1) is 18.2 Å². The number of nitrogens with zero attached hydrogens (tertiary/aromatic N) is 4. The molecule has 0 radical (unpaired) electrons. The molecule has 0 aliphatic heterocycles. The van der Waals surface area contributed by atoms with Crippen LogP contribution in [0.25, 0.3) is 33.5 Å². The van der Waals surface area contributed by atoms with E-state index in [9.17, 15) is 13.5 Å². The molecular weight excluding hydrogens is 472 g/mol. The molecule has 5 rings (SSSR count). The summed E-state index contributed by atoms with van der Waals surface area (Å²) in [6.07, 6.45) is 2.50. The molecule has 1 unspecified atom stereocenters. The van der Waals surface area contributed by atoms with E-state index >= 15 is 0 Å². The summed E-state index contributed by atoms with van der Waals surface area (Å²) in [5.41, 5.74) is 2.47. The number of rotatable bonds is 6. The monoisotopic (exact) mass is 490 g/mol. The first kappa shape index (κ1) is 21.9. The van der Waals surface area contributed by atoms with Gasteiger partial charge in [0.15, 0.2) is 5.65 Å². The summed E-state index contributed by atoms with van der Waals surface area (Å²) in [4.78, 5) is 20.6. The molecule has 3 atom stereocenters. The van der Waals surface area contributed by atoms with E-state index in [-0.39, 0.29) is 12.5 Å². The van der Waals surface area contributed by atoms with Crippen LogP contribution in [-0.4, -0.2) is 57.3 Å². The number of H-pyrrole nitrogens is 1. The number of nitrogens with two attached hydrogens (primary N) is 1. The lowest BCUT2D eigenvalue weighted by Crippen LogP contribution is -2.24. The van der Waals surface area contributed by atoms with Gasteiger partial charge >= 0.3 is 10.3 Å². The number of ether oxygens (including phenoxy) is 1. The van der Waals surface area contributed by atoms with Gasteiger partial charge in [-0.25, -0.2) is 15.1 Å². The summed E-state index contributed by atoms with van der Waals surface area (Å²) in [5.74, 6) is 0.416. The summed E-state index contributed by atoms with van der Waals surface area (Å²) < 4.78 is 32.7. The Morgan fingerprint density at radius 1 is 1.21 bits per heavy atom. The molecule has 13 heteroatoms. The van der Waals surface area contributed by atoms with Crippen molar-refractivity contribution >= 4 is 44.0 Å². The van der Waals surface area contributed by atoms with E-state index in [0.29, 0.717) is 34.9 Å². The second-order valence-corrected chi connectivity index (χ2v) is 9.46. The highest BCUT2D eigenvalue weighted by Gasteiger charge is 2.36. The maximum atomic E-state index is 11.0. The Morgan fingerprint density at radius 2 is 2.06 bits per heavy atom. The van der Waals surface area contributed by atoms with Crippen LogP contribution in [0.2, 0.25) is 5.02 Å². The summed E-state index contributed by atoms with van der Waals surface area (Å²) >= 11 is 6.09. The SMILES string of the molecule is NS(=O)(=O)OCC1C[C@@H](Oc2ncnc3nc(-c4ccnc5cc(Cl)ccc45)[nH]c23)C[C@@H]1O. The van der Waals surface area contributed by atoms with Crippen molar-refractivity contribution in [2.75, 3.05) is 6.61 Å². The summed E-state index contributed by atoms with van der Waals surface area (Å²) in [6.45, 7) is -0.216. The minimum Gasteiger partial charge on any atom is -0.473 e. The van der Waals surface area contributed by atoms with Gasteiger partial charge in [-0.1, -0.05) is 17.7 Å². The number of fused-ring (bicyclic) bond motifs is 2. The number of hydrogen-bond acceptors (Lipinski definition) is 9. The van der Waals surface area contributed by atoms with E-state index < -0.39 is 28.4 Å². The fourth-order valence-electron chi connectivity index (χ4n) is 4.02. The van der Waals surface area contributed by atoms with Crippen molar-refractivity contribution in [3.63, 3.8) is 0 Å². The van der Waals surface area contributed by atoms with Gasteiger partial charge in [0.25, 0.3) is 0 Å². The van der Waals surface area contributed by atoms with E-state index in [1.807, 2.05) is 12.1 Å². The van der Waals surface area contributed by atoms with Gasteiger partial charge in [-0.3, -0.25) is 9.17 Å². The molecule has 0 amide bonds. The molecule has 3 aromatic heterocycles. The lowest BCUT2D eigenvalue weighted by atomic mass is 10.1. The summed E-state index contributed by atoms with van der Waals surface area (Å²) in [5, 5.41) is 16.6. The Balaban J connectivity index is 1.42. The zero-order chi connectivity index (χ0) is 23.2. The number of nitrogens with one attached hydrogen (secondary N) is 1. The standard InChI is InChI=1S/C20H19ClN6O5S/c21-11-1-2-13-14(3-4-23-15(13)6-11)18-26-17-19(27-18)24-9-25-20(17)32-12-5-10(16(28)7-12)8-31-33(22,29)30/h1-4,6,9-10,12,16,28H,5,7-8H2,(H2,22,29,30)(H,24,25,26,27)/t10?,12-,16+/m1/s1. The van der Waals surface area contributed by atoms with Crippen LogP contribution < -0.4 is 9.88 Å². The molecule has 1 aromatic carbocycles. The number of aliphatic hydroxyl groups is 1. The lowest BCUT2D eigenvalue weighted by molar-refractivity contribution is 0.0986. The van der Waals surface area contributed by atoms with Crippen molar-refractivity contribution < 1.29 is 22.4 Å². The van der Waals surface area contributed by atoms with Crippen molar-refractivity contribution in [2.45, 2.75) is 25.0 Å². The smallest absolute Gasteiger partial charge is 0.333 e. The van der Waals surface area contributed by atoms with E-state index in [2.05, 4.69) is 29.1 Å². The fourth-order valence-corrected chi connectivity index (χ4v) is 4.55. The Labute approximate surface area is 193 Å². The zero-order valence-corrected chi connectivity index (χ0v) is 18.6. The molecule has 11 nitrogen and oxygen atoms in total. The third kappa shape index (κ3) is 4.61. The highest BCUT2D eigenvalue weighted by Crippen LogP contribution is 2.33. The third-order valence-electron chi connectivity index (χ3n) is 5.55. The number of pyridine rings is 1. The third-order valence-corrected chi connectivity index (χ3v) is 6.25. The fraction of sp³-hybridized carbons (Fsp3) is 0.300. The molecular formula is C20H19ClN6O5S. The Kier molecular flexibility index (Phi) is 5.62. The quantitative estimate of drug-likeness (QED) is 0.366. The molecule has 1 aliphatic carbocycles. The molecule has 0 spiro atoms. The molecule has 1 aliphatic rings. The molecule has 3 heterocycles. The number of aliphatic hydroxyl groups excluding tert-OH is 1. The van der Waals surface area contributed by atoms with Crippen LogP contribution in [-0.2, 0) is 14.5 Å². The van der Waals surface area contributed by atoms with Gasteiger partial charge in [0, 0.05) is 34.5 Å². The Morgan fingerprint density at radius 3 is 2.88 bits per heavy atom. The Bertz CT molecular complexity index is 1450. The molecule has 0 bridgehead atoms. The van der Waals surface area contributed by atoms with Gasteiger partial charge in [-0.2, -0.15) is 13.4 Å². The van der Waals surface area contributed by atoms with Crippen LogP contribution in [0.4, 0.5) is 0 Å². The maximum absolute atomic E-state index is 11.0. The zero-order valence-electron chi connectivity index (χ0n) is 17.1. The normalized spacial score (nSPS) is 21.1. The van der Waals surface area contributed by atoms with Crippen molar-refractivity contribution in [3.8, 4) is 17.3 Å². The molecule has 4 aromatic rings. The predicted molar refractivity (Wildman–Crippen MR) is 120 cm³/mol. The van der Waals surface area contributed by atoms with E-state index in [4.69, 9.17) is 21.5 Å². The van der Waals surface area contributed by atoms with Crippen LogP contribution >= 0.6 is 11.6 Å². The second-order valence-electron chi connectivity index (χ2n) is 7.80. The first-order valence-corrected chi connectivity index (χ1v) is 11.9. The van der Waals surface area contributed by atoms with Crippen LogP contribution in [0.15, 0.2) is 36.8 Å². The molecule has 33 heavy (non-hydrogen) atoms. The number of hydrogen-bond donors (Lipinski definition) is 3. The largest absolute Gasteiger partial charge is 0.473 e. The number of aromatic amines is 1. The number of aromatic nitrogens is 5. The molecule has 1 fully saturated rings. The predicted octanol–water partition coefficient (Wildman–Crippen LogP) is 1.96. The van der Waals surface area contributed by atoms with Gasteiger partial charge in [-0.05, 0) is 24.6 Å². The van der Waals surface area contributed by atoms with Gasteiger partial charge in [0.1, 0.15) is 23.8 Å². The van der Waals surface area contributed by atoms with Crippen LogP contribution in [0.1, 0.15) is 12.8 Å². The van der Waals surface area contributed by atoms with Crippen LogP contribution in [0, 0.1) is 5.92 Å². The molecule has 1 saturated carbocycles. The van der Waals surface area contributed by atoms with E-state index in [0.717, 1.165) is 16.5 Å². The summed E-state index contributed by atoms with van der Waals surface area (Å²) in [7, 11) is -4.08. The lowest BCUT2D eigenvalue weighted by Gasteiger charge is -2.13. The summed E-state index contributed by atoms with van der Waals surface area (Å²) in [6, 6.07) is 7.28. The van der Waals surface area contributed by atoms with Crippen LogP contribution in [0.3, 0.4) is 0 Å². The topological polar surface area (TPSA) is 166 Å². The Hall–Kier alpha value is -2.90. The van der Waals surface area contributed by atoms with Crippen molar-refractivity contribution in [3.05, 3.63) is 41.8 Å². The average molecular weight is 491 g/mol.